The van der Waals surface area contributed by atoms with Crippen LogP contribution in [0.25, 0.3) is 0 Å². The number of hydrogen-bond acceptors (Lipinski definition) is 4. The van der Waals surface area contributed by atoms with Crippen LogP contribution in [0.15, 0.2) is 41.4 Å². The van der Waals surface area contributed by atoms with E-state index in [1.54, 1.807) is 18.0 Å². The largest absolute Gasteiger partial charge is 0.294 e. The molecular formula is C15H14N2OS. The van der Waals surface area contributed by atoms with Gasteiger partial charge in [-0.3, -0.25) is 4.79 Å². The molecule has 0 saturated heterocycles. The standard InChI is InChI=1S/C15H14N2OS/c18-14-8-4-7-13-12(14)9-16-15(17-13)10-19-11-5-2-1-3-6-11/h1-3,5-6,9H,4,7-8,10H2. The van der Waals surface area contributed by atoms with E-state index >= 15 is 0 Å². The zero-order valence-electron chi connectivity index (χ0n) is 10.5. The molecule has 1 aromatic carbocycles. The molecule has 0 atom stereocenters. The van der Waals surface area contributed by atoms with E-state index < -0.39 is 0 Å². The maximum absolute atomic E-state index is 11.7. The Labute approximate surface area is 116 Å². The molecule has 0 spiro atoms. The Hall–Kier alpha value is -1.68. The number of Topliss-reactive ketones (excluding diaryl/α,β-unsaturated/α-hetero) is 1. The monoisotopic (exact) mass is 270 g/mol. The minimum Gasteiger partial charge on any atom is -0.294 e. The Balaban J connectivity index is 1.74. The number of nitrogens with zero attached hydrogens (tertiary/aromatic N) is 2. The smallest absolute Gasteiger partial charge is 0.166 e. The zero-order valence-corrected chi connectivity index (χ0v) is 11.3. The zero-order chi connectivity index (χ0) is 13.1. The normalized spacial score (nSPS) is 14.2. The summed E-state index contributed by atoms with van der Waals surface area (Å²) in [6.07, 6.45) is 4.14. The first-order valence-corrected chi connectivity index (χ1v) is 7.37. The fourth-order valence-corrected chi connectivity index (χ4v) is 2.95. The van der Waals surface area contributed by atoms with E-state index in [9.17, 15) is 4.79 Å². The Morgan fingerprint density at radius 3 is 2.84 bits per heavy atom. The molecular weight excluding hydrogens is 256 g/mol. The highest BCUT2D eigenvalue weighted by Gasteiger charge is 2.19. The number of carbonyl (C=O) groups is 1. The number of benzene rings is 1. The predicted octanol–water partition coefficient (Wildman–Crippen LogP) is 3.29. The second-order valence-electron chi connectivity index (χ2n) is 4.53. The van der Waals surface area contributed by atoms with Gasteiger partial charge in [0.2, 0.25) is 0 Å². The summed E-state index contributed by atoms with van der Waals surface area (Å²) in [5, 5.41) is 0. The highest BCUT2D eigenvalue weighted by Crippen LogP contribution is 2.23. The van der Waals surface area contributed by atoms with Crippen LogP contribution in [-0.2, 0) is 12.2 Å². The Bertz CT molecular complexity index is 598. The maximum Gasteiger partial charge on any atom is 0.166 e. The van der Waals surface area contributed by atoms with Crippen LogP contribution in [0, 0.1) is 0 Å². The van der Waals surface area contributed by atoms with Crippen LogP contribution in [0.4, 0.5) is 0 Å². The minimum atomic E-state index is 0.184. The lowest BCUT2D eigenvalue weighted by molar-refractivity contribution is 0.0971. The van der Waals surface area contributed by atoms with Gasteiger partial charge >= 0.3 is 0 Å². The second-order valence-corrected chi connectivity index (χ2v) is 5.57. The highest BCUT2D eigenvalue weighted by atomic mass is 32.2. The lowest BCUT2D eigenvalue weighted by Crippen LogP contribution is -2.14. The summed E-state index contributed by atoms with van der Waals surface area (Å²) in [6, 6.07) is 10.2. The molecule has 1 aromatic heterocycles. The number of ketones is 1. The minimum absolute atomic E-state index is 0.184. The van der Waals surface area contributed by atoms with E-state index in [-0.39, 0.29) is 5.78 Å². The number of thioether (sulfide) groups is 1. The third-order valence-corrected chi connectivity index (χ3v) is 4.15. The SMILES string of the molecule is O=C1CCCc2nc(CSc3ccccc3)ncc21. The van der Waals surface area contributed by atoms with Crippen molar-refractivity contribution in [3.8, 4) is 0 Å². The first-order chi connectivity index (χ1) is 9.33. The quantitative estimate of drug-likeness (QED) is 0.803. The van der Waals surface area contributed by atoms with Crippen molar-refractivity contribution in [2.24, 2.45) is 0 Å². The molecule has 0 amide bonds. The Morgan fingerprint density at radius 2 is 2.00 bits per heavy atom. The molecule has 19 heavy (non-hydrogen) atoms. The van der Waals surface area contributed by atoms with Crippen molar-refractivity contribution in [2.45, 2.75) is 29.9 Å². The summed E-state index contributed by atoms with van der Waals surface area (Å²) in [5.41, 5.74) is 1.65. The van der Waals surface area contributed by atoms with Crippen LogP contribution in [0.1, 0.15) is 34.7 Å². The van der Waals surface area contributed by atoms with Crippen molar-refractivity contribution in [3.63, 3.8) is 0 Å². The third-order valence-electron chi connectivity index (χ3n) is 3.15. The number of fused-ring (bicyclic) bond motifs is 1. The fraction of sp³-hybridized carbons (Fsp3) is 0.267. The van der Waals surface area contributed by atoms with Crippen LogP contribution in [0.2, 0.25) is 0 Å². The molecule has 0 fully saturated rings. The Kier molecular flexibility index (Phi) is 3.60. The molecule has 3 nitrogen and oxygen atoms in total. The summed E-state index contributed by atoms with van der Waals surface area (Å²) in [4.78, 5) is 21.7. The van der Waals surface area contributed by atoms with Gasteiger partial charge in [-0.15, -0.1) is 11.8 Å². The van der Waals surface area contributed by atoms with Gasteiger partial charge in [0.25, 0.3) is 0 Å². The number of aryl methyl sites for hydroxylation is 1. The van der Waals surface area contributed by atoms with E-state index in [1.165, 1.54) is 4.90 Å². The molecule has 0 N–H and O–H groups in total. The van der Waals surface area contributed by atoms with Crippen LogP contribution >= 0.6 is 11.8 Å². The van der Waals surface area contributed by atoms with E-state index in [1.807, 2.05) is 18.2 Å². The van der Waals surface area contributed by atoms with Gasteiger partial charge in [0.1, 0.15) is 5.82 Å². The molecule has 2 aromatic rings. The maximum atomic E-state index is 11.7. The van der Waals surface area contributed by atoms with Gasteiger partial charge in [-0.05, 0) is 25.0 Å². The first kappa shape index (κ1) is 12.4. The molecule has 0 aliphatic heterocycles. The lowest BCUT2D eigenvalue weighted by atomic mass is 9.96. The topological polar surface area (TPSA) is 42.9 Å². The van der Waals surface area contributed by atoms with Crippen molar-refractivity contribution in [1.82, 2.24) is 9.97 Å². The third kappa shape index (κ3) is 2.84. The summed E-state index contributed by atoms with van der Waals surface area (Å²) in [5.74, 6) is 1.73. The average Bonchev–Trinajstić information content (AvgIpc) is 2.46. The average molecular weight is 270 g/mol. The van der Waals surface area contributed by atoms with Gasteiger partial charge in [-0.1, -0.05) is 18.2 Å². The number of carbonyl (C=O) groups excluding carboxylic acids is 1. The van der Waals surface area contributed by atoms with Crippen molar-refractivity contribution in [2.75, 3.05) is 0 Å². The number of rotatable bonds is 3. The summed E-state index contributed by atoms with van der Waals surface area (Å²) in [7, 11) is 0. The molecule has 1 aliphatic carbocycles. The van der Waals surface area contributed by atoms with Crippen molar-refractivity contribution >= 4 is 17.5 Å². The van der Waals surface area contributed by atoms with Gasteiger partial charge in [0, 0.05) is 17.5 Å². The molecule has 0 radical (unpaired) electrons. The summed E-state index contributed by atoms with van der Waals surface area (Å²) < 4.78 is 0. The number of aromatic nitrogens is 2. The number of hydrogen-bond donors (Lipinski definition) is 0. The van der Waals surface area contributed by atoms with Crippen LogP contribution < -0.4 is 0 Å². The van der Waals surface area contributed by atoms with E-state index in [2.05, 4.69) is 22.1 Å². The van der Waals surface area contributed by atoms with Gasteiger partial charge in [-0.2, -0.15) is 0 Å². The van der Waals surface area contributed by atoms with Gasteiger partial charge in [0.05, 0.1) is 17.0 Å². The molecule has 0 saturated carbocycles. The molecule has 4 heteroatoms. The first-order valence-electron chi connectivity index (χ1n) is 6.39. The van der Waals surface area contributed by atoms with Gasteiger partial charge in [0.15, 0.2) is 5.78 Å². The van der Waals surface area contributed by atoms with E-state index in [4.69, 9.17) is 0 Å². The molecule has 96 valence electrons. The van der Waals surface area contributed by atoms with Crippen molar-refractivity contribution in [3.05, 3.63) is 53.6 Å². The van der Waals surface area contributed by atoms with Gasteiger partial charge < -0.3 is 0 Å². The molecule has 1 aliphatic rings. The summed E-state index contributed by atoms with van der Waals surface area (Å²) in [6.45, 7) is 0. The summed E-state index contributed by atoms with van der Waals surface area (Å²) >= 11 is 1.72. The van der Waals surface area contributed by atoms with Gasteiger partial charge in [-0.25, -0.2) is 9.97 Å². The van der Waals surface area contributed by atoms with E-state index in [0.717, 1.165) is 35.7 Å². The predicted molar refractivity (Wildman–Crippen MR) is 75.3 cm³/mol. The van der Waals surface area contributed by atoms with Crippen LogP contribution in [-0.4, -0.2) is 15.8 Å². The fourth-order valence-electron chi connectivity index (χ4n) is 2.17. The second kappa shape index (κ2) is 5.53. The molecule has 1 heterocycles. The Morgan fingerprint density at radius 1 is 1.16 bits per heavy atom. The van der Waals surface area contributed by atoms with E-state index in [0.29, 0.717) is 6.42 Å². The lowest BCUT2D eigenvalue weighted by Gasteiger charge is -2.13. The van der Waals surface area contributed by atoms with Crippen molar-refractivity contribution in [1.29, 1.82) is 0 Å². The van der Waals surface area contributed by atoms with Crippen LogP contribution in [0.5, 0.6) is 0 Å². The highest BCUT2D eigenvalue weighted by molar-refractivity contribution is 7.98. The molecule has 3 rings (SSSR count). The molecule has 0 unspecified atom stereocenters. The molecule has 0 bridgehead atoms. The van der Waals surface area contributed by atoms with Crippen LogP contribution in [0.3, 0.4) is 0 Å². The van der Waals surface area contributed by atoms with Crippen molar-refractivity contribution < 1.29 is 4.79 Å².